The fraction of sp³-hybridized carbons (Fsp3) is 0.474. The molecule has 2 heterocycles. The normalized spacial score (nSPS) is 17.5. The molecule has 1 amide bonds. The number of aromatic nitrogens is 3. The topological polar surface area (TPSA) is 88.3 Å². The standard InChI is InChI=1S/C19H24N4O3/c1-12(2)14-8-4-5-9-15(14)23-13(3)20-17(21-23)18(24)22-11-7-6-10-16(22)19(25)26/h4-5,8-9,12,16H,6-7,10-11H2,1-3H3,(H,25,26)/t16-/m1/s1. The molecule has 0 aliphatic carbocycles. The van der Waals surface area contributed by atoms with Crippen LogP contribution in [-0.4, -0.2) is 49.2 Å². The van der Waals surface area contributed by atoms with Crippen molar-refractivity contribution in [3.05, 3.63) is 41.5 Å². The lowest BCUT2D eigenvalue weighted by molar-refractivity contribution is -0.143. The van der Waals surface area contributed by atoms with Crippen molar-refractivity contribution in [1.82, 2.24) is 19.7 Å². The van der Waals surface area contributed by atoms with Crippen molar-refractivity contribution in [3.8, 4) is 5.69 Å². The van der Waals surface area contributed by atoms with E-state index >= 15 is 0 Å². The third-order valence-electron chi connectivity index (χ3n) is 4.80. The van der Waals surface area contributed by atoms with Gasteiger partial charge in [0.25, 0.3) is 5.91 Å². The molecule has 7 heteroatoms. The van der Waals surface area contributed by atoms with E-state index in [9.17, 15) is 14.7 Å². The van der Waals surface area contributed by atoms with Crippen molar-refractivity contribution in [1.29, 1.82) is 0 Å². The van der Waals surface area contributed by atoms with Crippen molar-refractivity contribution >= 4 is 11.9 Å². The van der Waals surface area contributed by atoms with Gasteiger partial charge >= 0.3 is 5.97 Å². The molecule has 26 heavy (non-hydrogen) atoms. The van der Waals surface area contributed by atoms with Crippen LogP contribution >= 0.6 is 0 Å². The highest BCUT2D eigenvalue weighted by Crippen LogP contribution is 2.24. The maximum absolute atomic E-state index is 12.9. The number of benzene rings is 1. The summed E-state index contributed by atoms with van der Waals surface area (Å²) in [6.07, 6.45) is 2.08. The number of aryl methyl sites for hydroxylation is 1. The molecule has 7 nitrogen and oxygen atoms in total. The first-order valence-corrected chi connectivity index (χ1v) is 8.97. The smallest absolute Gasteiger partial charge is 0.326 e. The van der Waals surface area contributed by atoms with E-state index in [0.29, 0.717) is 24.7 Å². The van der Waals surface area contributed by atoms with Crippen LogP contribution in [0.2, 0.25) is 0 Å². The van der Waals surface area contributed by atoms with Crippen molar-refractivity contribution in [2.24, 2.45) is 0 Å². The largest absolute Gasteiger partial charge is 0.480 e. The summed E-state index contributed by atoms with van der Waals surface area (Å²) in [5.74, 6) is -0.438. The number of amides is 1. The summed E-state index contributed by atoms with van der Waals surface area (Å²) < 4.78 is 1.67. The highest BCUT2D eigenvalue weighted by atomic mass is 16.4. The molecule has 1 aliphatic heterocycles. The van der Waals surface area contributed by atoms with Gasteiger partial charge in [0, 0.05) is 6.54 Å². The van der Waals surface area contributed by atoms with Crippen molar-refractivity contribution in [2.75, 3.05) is 6.54 Å². The Kier molecular flexibility index (Phi) is 5.06. The Balaban J connectivity index is 1.96. The van der Waals surface area contributed by atoms with Gasteiger partial charge in [0.2, 0.25) is 5.82 Å². The maximum atomic E-state index is 12.9. The zero-order valence-electron chi connectivity index (χ0n) is 15.3. The first-order valence-electron chi connectivity index (χ1n) is 8.97. The second-order valence-electron chi connectivity index (χ2n) is 6.96. The van der Waals surface area contributed by atoms with E-state index < -0.39 is 17.9 Å². The van der Waals surface area contributed by atoms with Crippen LogP contribution in [0, 0.1) is 6.92 Å². The van der Waals surface area contributed by atoms with E-state index in [-0.39, 0.29) is 5.82 Å². The molecule has 0 bridgehead atoms. The Morgan fingerprint density at radius 2 is 1.96 bits per heavy atom. The molecule has 1 aliphatic rings. The lowest BCUT2D eigenvalue weighted by Gasteiger charge is -2.31. The van der Waals surface area contributed by atoms with Gasteiger partial charge in [-0.3, -0.25) is 4.79 Å². The lowest BCUT2D eigenvalue weighted by Crippen LogP contribution is -2.48. The van der Waals surface area contributed by atoms with Crippen molar-refractivity contribution in [3.63, 3.8) is 0 Å². The van der Waals surface area contributed by atoms with Crippen molar-refractivity contribution < 1.29 is 14.7 Å². The molecule has 1 N–H and O–H groups in total. The summed E-state index contributed by atoms with van der Waals surface area (Å²) in [5, 5.41) is 13.8. The number of carbonyl (C=O) groups is 2. The third-order valence-corrected chi connectivity index (χ3v) is 4.80. The molecular weight excluding hydrogens is 332 g/mol. The van der Waals surface area contributed by atoms with Gasteiger partial charge in [-0.05, 0) is 43.7 Å². The highest BCUT2D eigenvalue weighted by Gasteiger charge is 2.34. The molecule has 138 valence electrons. The summed E-state index contributed by atoms with van der Waals surface area (Å²) in [6.45, 7) is 6.42. The monoisotopic (exact) mass is 356 g/mol. The first kappa shape index (κ1) is 18.1. The van der Waals surface area contributed by atoms with Gasteiger partial charge in [0.15, 0.2) is 0 Å². The Hall–Kier alpha value is -2.70. The van der Waals surface area contributed by atoms with Gasteiger partial charge in [-0.25, -0.2) is 14.5 Å². The molecule has 0 spiro atoms. The number of rotatable bonds is 4. The van der Waals surface area contributed by atoms with Crippen LogP contribution in [0.25, 0.3) is 5.69 Å². The van der Waals surface area contributed by atoms with Crippen LogP contribution in [-0.2, 0) is 4.79 Å². The van der Waals surface area contributed by atoms with Gasteiger partial charge in [-0.1, -0.05) is 32.0 Å². The Morgan fingerprint density at radius 3 is 2.65 bits per heavy atom. The minimum atomic E-state index is -0.973. The van der Waals surface area contributed by atoms with E-state index in [1.54, 1.807) is 11.6 Å². The van der Waals surface area contributed by atoms with E-state index in [1.807, 2.05) is 24.3 Å². The van der Waals surface area contributed by atoms with E-state index in [2.05, 4.69) is 23.9 Å². The predicted molar refractivity (Wildman–Crippen MR) is 96.5 cm³/mol. The molecule has 1 fully saturated rings. The Morgan fingerprint density at radius 1 is 1.23 bits per heavy atom. The zero-order valence-corrected chi connectivity index (χ0v) is 15.3. The molecule has 1 atom stereocenters. The average molecular weight is 356 g/mol. The molecule has 0 radical (unpaired) electrons. The second-order valence-corrected chi connectivity index (χ2v) is 6.96. The van der Waals surface area contributed by atoms with E-state index in [0.717, 1.165) is 24.1 Å². The molecule has 1 aromatic heterocycles. The van der Waals surface area contributed by atoms with Gasteiger partial charge in [-0.2, -0.15) is 0 Å². The van der Waals surface area contributed by atoms with Gasteiger partial charge in [0.05, 0.1) is 5.69 Å². The summed E-state index contributed by atoms with van der Waals surface area (Å²) in [7, 11) is 0. The number of hydrogen-bond acceptors (Lipinski definition) is 4. The van der Waals surface area contributed by atoms with Crippen LogP contribution in [0.15, 0.2) is 24.3 Å². The van der Waals surface area contributed by atoms with Crippen LogP contribution < -0.4 is 0 Å². The predicted octanol–water partition coefficient (Wildman–Crippen LogP) is 2.78. The number of carbonyl (C=O) groups excluding carboxylic acids is 1. The molecular formula is C19H24N4O3. The van der Waals surface area contributed by atoms with Crippen LogP contribution in [0.5, 0.6) is 0 Å². The number of likely N-dealkylation sites (tertiary alicyclic amines) is 1. The second kappa shape index (κ2) is 7.27. The third kappa shape index (κ3) is 3.34. The van der Waals surface area contributed by atoms with Gasteiger partial charge in [0.1, 0.15) is 11.9 Å². The zero-order chi connectivity index (χ0) is 18.8. The molecule has 3 rings (SSSR count). The summed E-state index contributed by atoms with van der Waals surface area (Å²) in [6, 6.07) is 7.09. The first-order chi connectivity index (χ1) is 12.4. The minimum Gasteiger partial charge on any atom is -0.480 e. The number of nitrogens with zero attached hydrogens (tertiary/aromatic N) is 4. The molecule has 1 saturated heterocycles. The number of aliphatic carboxylic acids is 1. The molecule has 0 unspecified atom stereocenters. The fourth-order valence-electron chi connectivity index (χ4n) is 3.44. The Bertz CT molecular complexity index is 828. The SMILES string of the molecule is Cc1nc(C(=O)N2CCCC[C@@H]2C(=O)O)nn1-c1ccccc1C(C)C. The summed E-state index contributed by atoms with van der Waals surface area (Å²) >= 11 is 0. The minimum absolute atomic E-state index is 0.0502. The molecule has 1 aromatic carbocycles. The number of para-hydroxylation sites is 1. The van der Waals surface area contributed by atoms with Crippen molar-refractivity contribution in [2.45, 2.75) is 52.0 Å². The number of hydrogen-bond donors (Lipinski definition) is 1. The molecule has 0 saturated carbocycles. The summed E-state index contributed by atoms with van der Waals surface area (Å²) in [4.78, 5) is 30.0. The molecule has 2 aromatic rings. The quantitative estimate of drug-likeness (QED) is 0.910. The van der Waals surface area contributed by atoms with Crippen LogP contribution in [0.3, 0.4) is 0 Å². The number of piperidine rings is 1. The van der Waals surface area contributed by atoms with E-state index in [1.165, 1.54) is 4.90 Å². The average Bonchev–Trinajstić information content (AvgIpc) is 3.02. The number of carboxylic acids is 1. The Labute approximate surface area is 152 Å². The van der Waals surface area contributed by atoms with Crippen LogP contribution in [0.1, 0.15) is 61.0 Å². The van der Waals surface area contributed by atoms with E-state index in [4.69, 9.17) is 0 Å². The van der Waals surface area contributed by atoms with Crippen LogP contribution in [0.4, 0.5) is 0 Å². The lowest BCUT2D eigenvalue weighted by atomic mass is 10.0. The van der Waals surface area contributed by atoms with Gasteiger partial charge < -0.3 is 10.0 Å². The highest BCUT2D eigenvalue weighted by molar-refractivity contribution is 5.93. The summed E-state index contributed by atoms with van der Waals surface area (Å²) in [5.41, 5.74) is 2.00. The fourth-order valence-corrected chi connectivity index (χ4v) is 3.44. The number of carboxylic acid groups (broad SMARTS) is 1. The van der Waals surface area contributed by atoms with Gasteiger partial charge in [-0.15, -0.1) is 5.10 Å². The maximum Gasteiger partial charge on any atom is 0.326 e.